The maximum absolute atomic E-state index is 10.7. The largest absolute Gasteiger partial charge is 0.392 e. The van der Waals surface area contributed by atoms with Crippen LogP contribution in [0.4, 0.5) is 0 Å². The van der Waals surface area contributed by atoms with Crippen molar-refractivity contribution >= 4 is 0 Å². The van der Waals surface area contributed by atoms with Crippen LogP contribution in [-0.2, 0) is 0 Å². The van der Waals surface area contributed by atoms with E-state index in [0.29, 0.717) is 0 Å². The second kappa shape index (κ2) is 3.95. The second-order valence-corrected chi connectivity index (χ2v) is 6.85. The molecule has 1 fully saturated rings. The first-order valence-corrected chi connectivity index (χ1v) is 7.39. The van der Waals surface area contributed by atoms with E-state index in [1.54, 1.807) is 0 Å². The van der Waals surface area contributed by atoms with Gasteiger partial charge in [0.25, 0.3) is 0 Å². The first kappa shape index (κ1) is 12.2. The lowest BCUT2D eigenvalue weighted by Crippen LogP contribution is -2.32. The molecule has 4 rings (SSSR count). The normalized spacial score (nSPS) is 30.2. The number of aliphatic hydroxyl groups is 1. The molecule has 0 spiro atoms. The Hall–Kier alpha value is -1.61. The van der Waals surface area contributed by atoms with Crippen molar-refractivity contribution < 1.29 is 5.11 Å². The fourth-order valence-corrected chi connectivity index (χ4v) is 4.06. The van der Waals surface area contributed by atoms with Gasteiger partial charge in [-0.05, 0) is 23.8 Å². The standard InChI is InChI=1S/C17H20N2O/c1-17(2)8-7-13(16(17)20)15-12-6-4-3-5-11(12)14-9-18-10-19(14)15/h3-6,9-10,13,15-16,20H,7-8H2,1-2H3/t13-,15?,16-/m1/s1. The van der Waals surface area contributed by atoms with Gasteiger partial charge in [-0.1, -0.05) is 38.1 Å². The topological polar surface area (TPSA) is 38.0 Å². The zero-order valence-corrected chi connectivity index (χ0v) is 12.0. The smallest absolute Gasteiger partial charge is 0.0956 e. The maximum atomic E-state index is 10.7. The molecule has 2 heterocycles. The summed E-state index contributed by atoms with van der Waals surface area (Å²) in [4.78, 5) is 4.31. The zero-order valence-electron chi connectivity index (χ0n) is 12.0. The Balaban J connectivity index is 1.84. The molecule has 2 aromatic rings. The number of hydrogen-bond donors (Lipinski definition) is 1. The van der Waals surface area contributed by atoms with Gasteiger partial charge < -0.3 is 9.67 Å². The van der Waals surface area contributed by atoms with Crippen LogP contribution in [-0.4, -0.2) is 20.8 Å². The number of hydrogen-bond acceptors (Lipinski definition) is 2. The first-order valence-electron chi connectivity index (χ1n) is 7.39. The number of aliphatic hydroxyl groups excluding tert-OH is 1. The van der Waals surface area contributed by atoms with Gasteiger partial charge in [0.1, 0.15) is 0 Å². The highest BCUT2D eigenvalue weighted by Gasteiger charge is 2.47. The van der Waals surface area contributed by atoms with Gasteiger partial charge in [-0.25, -0.2) is 4.98 Å². The Kier molecular flexibility index (Phi) is 2.40. The lowest BCUT2D eigenvalue weighted by Gasteiger charge is -2.30. The van der Waals surface area contributed by atoms with E-state index in [-0.39, 0.29) is 23.5 Å². The number of fused-ring (bicyclic) bond motifs is 3. The molecular formula is C17H20N2O. The minimum absolute atomic E-state index is 0.0168. The molecule has 1 saturated carbocycles. The Morgan fingerprint density at radius 3 is 2.85 bits per heavy atom. The Morgan fingerprint density at radius 1 is 1.30 bits per heavy atom. The number of imidazole rings is 1. The molecule has 1 aliphatic carbocycles. The lowest BCUT2D eigenvalue weighted by molar-refractivity contribution is 0.0344. The average Bonchev–Trinajstić information content (AvgIpc) is 3.07. The van der Waals surface area contributed by atoms with Crippen molar-refractivity contribution in [2.75, 3.05) is 0 Å². The van der Waals surface area contributed by atoms with E-state index in [0.717, 1.165) is 12.8 Å². The fraction of sp³-hybridized carbons (Fsp3) is 0.471. The molecule has 0 radical (unpaired) electrons. The Bertz CT molecular complexity index is 659. The van der Waals surface area contributed by atoms with Crippen LogP contribution in [0.25, 0.3) is 11.3 Å². The molecule has 0 bridgehead atoms. The van der Waals surface area contributed by atoms with E-state index >= 15 is 0 Å². The van der Waals surface area contributed by atoms with Crippen molar-refractivity contribution in [3.8, 4) is 11.3 Å². The summed E-state index contributed by atoms with van der Waals surface area (Å²) in [5.41, 5.74) is 3.81. The van der Waals surface area contributed by atoms with Crippen molar-refractivity contribution in [3.63, 3.8) is 0 Å². The summed E-state index contributed by atoms with van der Waals surface area (Å²) in [5.74, 6) is 0.279. The summed E-state index contributed by atoms with van der Waals surface area (Å²) >= 11 is 0. The number of benzene rings is 1. The summed E-state index contributed by atoms with van der Waals surface area (Å²) in [6.07, 6.45) is 5.75. The first-order chi connectivity index (χ1) is 9.59. The molecule has 3 atom stereocenters. The summed E-state index contributed by atoms with van der Waals surface area (Å²) in [7, 11) is 0. The predicted octanol–water partition coefficient (Wildman–Crippen LogP) is 3.25. The Morgan fingerprint density at radius 2 is 2.10 bits per heavy atom. The van der Waals surface area contributed by atoms with E-state index in [1.807, 2.05) is 12.5 Å². The van der Waals surface area contributed by atoms with Crippen molar-refractivity contribution in [1.82, 2.24) is 9.55 Å². The highest BCUT2D eigenvalue weighted by Crippen LogP contribution is 2.52. The van der Waals surface area contributed by atoms with Crippen molar-refractivity contribution in [2.45, 2.75) is 38.8 Å². The van der Waals surface area contributed by atoms with Gasteiger partial charge >= 0.3 is 0 Å². The van der Waals surface area contributed by atoms with Crippen molar-refractivity contribution in [3.05, 3.63) is 42.4 Å². The van der Waals surface area contributed by atoms with Crippen LogP contribution in [0.1, 0.15) is 38.3 Å². The molecule has 3 nitrogen and oxygen atoms in total. The van der Waals surface area contributed by atoms with Gasteiger partial charge in [0.15, 0.2) is 0 Å². The molecule has 0 saturated heterocycles. The van der Waals surface area contributed by atoms with Crippen molar-refractivity contribution in [1.29, 1.82) is 0 Å². The molecule has 1 aromatic carbocycles. The average molecular weight is 268 g/mol. The van der Waals surface area contributed by atoms with Gasteiger partial charge in [0.05, 0.1) is 30.4 Å². The molecule has 2 aliphatic rings. The molecule has 20 heavy (non-hydrogen) atoms. The highest BCUT2D eigenvalue weighted by molar-refractivity contribution is 5.69. The quantitative estimate of drug-likeness (QED) is 0.862. The molecule has 1 N–H and O–H groups in total. The summed E-state index contributed by atoms with van der Waals surface area (Å²) in [6.45, 7) is 4.35. The molecule has 1 aliphatic heterocycles. The molecule has 0 amide bonds. The molecule has 3 heteroatoms. The fourth-order valence-electron chi connectivity index (χ4n) is 4.06. The van der Waals surface area contributed by atoms with E-state index in [1.165, 1.54) is 16.8 Å². The second-order valence-electron chi connectivity index (χ2n) is 6.85. The van der Waals surface area contributed by atoms with Crippen LogP contribution in [0.15, 0.2) is 36.8 Å². The number of rotatable bonds is 1. The van der Waals surface area contributed by atoms with Crippen LogP contribution in [0.2, 0.25) is 0 Å². The van der Waals surface area contributed by atoms with Gasteiger partial charge in [-0.2, -0.15) is 0 Å². The van der Waals surface area contributed by atoms with Crippen LogP contribution in [0.5, 0.6) is 0 Å². The van der Waals surface area contributed by atoms with Gasteiger partial charge in [-0.15, -0.1) is 0 Å². The van der Waals surface area contributed by atoms with Gasteiger partial charge in [0, 0.05) is 11.5 Å². The van der Waals surface area contributed by atoms with Crippen LogP contribution in [0.3, 0.4) is 0 Å². The number of aromatic nitrogens is 2. The molecule has 1 unspecified atom stereocenters. The summed E-state index contributed by atoms with van der Waals surface area (Å²) < 4.78 is 2.25. The minimum Gasteiger partial charge on any atom is -0.392 e. The van der Waals surface area contributed by atoms with E-state index in [2.05, 4.69) is 47.7 Å². The SMILES string of the molecule is CC1(C)CC[C@H](C2c3ccccc3-c3cncn32)[C@H]1O. The maximum Gasteiger partial charge on any atom is 0.0956 e. The zero-order chi connectivity index (χ0) is 13.9. The predicted molar refractivity (Wildman–Crippen MR) is 78.3 cm³/mol. The third kappa shape index (κ3) is 1.47. The Labute approximate surface area is 119 Å². The molecule has 1 aromatic heterocycles. The number of nitrogens with zero attached hydrogens (tertiary/aromatic N) is 2. The van der Waals surface area contributed by atoms with Crippen LogP contribution >= 0.6 is 0 Å². The van der Waals surface area contributed by atoms with E-state index in [4.69, 9.17) is 0 Å². The summed E-state index contributed by atoms with van der Waals surface area (Å²) in [6, 6.07) is 8.77. The van der Waals surface area contributed by atoms with Gasteiger partial charge in [-0.3, -0.25) is 0 Å². The minimum atomic E-state index is -0.256. The third-order valence-corrected chi connectivity index (χ3v) is 5.25. The molecule has 104 valence electrons. The monoisotopic (exact) mass is 268 g/mol. The lowest BCUT2D eigenvalue weighted by atomic mass is 9.83. The van der Waals surface area contributed by atoms with E-state index in [9.17, 15) is 5.11 Å². The van der Waals surface area contributed by atoms with Crippen LogP contribution in [0, 0.1) is 11.3 Å². The van der Waals surface area contributed by atoms with Crippen LogP contribution < -0.4 is 0 Å². The summed E-state index contributed by atoms with van der Waals surface area (Å²) in [5, 5.41) is 10.7. The highest BCUT2D eigenvalue weighted by atomic mass is 16.3. The molecular weight excluding hydrogens is 248 g/mol. The van der Waals surface area contributed by atoms with Gasteiger partial charge in [0.2, 0.25) is 0 Å². The third-order valence-electron chi connectivity index (χ3n) is 5.25. The van der Waals surface area contributed by atoms with E-state index < -0.39 is 0 Å². The van der Waals surface area contributed by atoms with Crippen molar-refractivity contribution in [2.24, 2.45) is 11.3 Å².